The van der Waals surface area contributed by atoms with Crippen molar-refractivity contribution in [3.63, 3.8) is 0 Å². The molecule has 22 heavy (non-hydrogen) atoms. The number of thiophene rings is 1. The van der Waals surface area contributed by atoms with Gasteiger partial charge in [0.2, 0.25) is 0 Å². The molecular weight excluding hydrogens is 361 g/mol. The van der Waals surface area contributed by atoms with E-state index < -0.39 is 0 Å². The summed E-state index contributed by atoms with van der Waals surface area (Å²) in [5, 5.41) is 4.98. The molecule has 0 aliphatic carbocycles. The molecule has 0 bridgehead atoms. The molecule has 2 aromatic rings. The highest BCUT2D eigenvalue weighted by Gasteiger charge is 2.35. The molecule has 0 saturated carbocycles. The number of halogens is 2. The van der Waals surface area contributed by atoms with Crippen molar-refractivity contribution in [2.75, 3.05) is 19.6 Å². The molecule has 1 aliphatic rings. The van der Waals surface area contributed by atoms with Gasteiger partial charge in [0, 0.05) is 24.0 Å². The smallest absolute Gasteiger partial charge is 0.265 e. The summed E-state index contributed by atoms with van der Waals surface area (Å²) in [6, 6.07) is 2.03. The number of rotatable bonds is 3. The molecule has 122 valence electrons. The lowest BCUT2D eigenvalue weighted by Gasteiger charge is -2.22. The third-order valence-electron chi connectivity index (χ3n) is 3.82. The van der Waals surface area contributed by atoms with Gasteiger partial charge in [-0.05, 0) is 29.8 Å². The predicted octanol–water partition coefficient (Wildman–Crippen LogP) is 3.53. The number of amides is 1. The minimum Gasteiger partial charge on any atom is -0.337 e. The van der Waals surface area contributed by atoms with Gasteiger partial charge in [-0.2, -0.15) is 11.3 Å². The van der Waals surface area contributed by atoms with Crippen LogP contribution in [0.3, 0.4) is 0 Å². The van der Waals surface area contributed by atoms with Crippen molar-refractivity contribution < 1.29 is 4.79 Å². The van der Waals surface area contributed by atoms with E-state index in [1.165, 1.54) is 11.3 Å². The maximum absolute atomic E-state index is 12.5. The molecule has 1 saturated heterocycles. The number of carbonyl (C=O) groups excluding carboxylic acids is 1. The topological polar surface area (TPSA) is 59.2 Å². The van der Waals surface area contributed by atoms with Crippen LogP contribution in [0.4, 0.5) is 0 Å². The predicted molar refractivity (Wildman–Crippen MR) is 97.6 cm³/mol. The molecule has 1 atom stereocenters. The van der Waals surface area contributed by atoms with E-state index >= 15 is 0 Å². The summed E-state index contributed by atoms with van der Waals surface area (Å²) in [7, 11) is 0. The number of hydrogen-bond donors (Lipinski definition) is 1. The first-order valence-electron chi connectivity index (χ1n) is 6.59. The maximum atomic E-state index is 12.5. The lowest BCUT2D eigenvalue weighted by molar-refractivity contribution is 0.0781. The van der Waals surface area contributed by atoms with Crippen molar-refractivity contribution in [3.8, 4) is 10.6 Å². The van der Waals surface area contributed by atoms with Crippen molar-refractivity contribution in [1.29, 1.82) is 0 Å². The fraction of sp³-hybridized carbons (Fsp3) is 0.429. The van der Waals surface area contributed by atoms with Crippen LogP contribution in [0.15, 0.2) is 23.0 Å². The molecule has 1 fully saturated rings. The lowest BCUT2D eigenvalue weighted by atomic mass is 9.90. The van der Waals surface area contributed by atoms with E-state index in [-0.39, 0.29) is 36.1 Å². The number of carbonyl (C=O) groups is 1. The normalized spacial score (nSPS) is 20.4. The zero-order valence-electron chi connectivity index (χ0n) is 12.2. The molecule has 2 N–H and O–H groups in total. The molecule has 0 radical (unpaired) electrons. The maximum Gasteiger partial charge on any atom is 0.265 e. The highest BCUT2D eigenvalue weighted by atomic mass is 35.5. The van der Waals surface area contributed by atoms with Crippen LogP contribution in [-0.4, -0.2) is 35.4 Å². The average molecular weight is 380 g/mol. The lowest BCUT2D eigenvalue weighted by Crippen LogP contribution is -2.34. The van der Waals surface area contributed by atoms with E-state index in [0.29, 0.717) is 11.4 Å². The number of likely N-dealkylation sites (tertiary alicyclic amines) is 1. The first kappa shape index (κ1) is 19.4. The molecule has 1 aliphatic heterocycles. The highest BCUT2D eigenvalue weighted by Crippen LogP contribution is 2.32. The summed E-state index contributed by atoms with van der Waals surface area (Å²) in [4.78, 5) is 19.5. The fourth-order valence-corrected chi connectivity index (χ4v) is 4.01. The second-order valence-electron chi connectivity index (χ2n) is 5.53. The van der Waals surface area contributed by atoms with Gasteiger partial charge in [-0.1, -0.05) is 6.92 Å². The molecule has 0 aromatic carbocycles. The highest BCUT2D eigenvalue weighted by molar-refractivity contribution is 7.17. The van der Waals surface area contributed by atoms with Gasteiger partial charge in [0.05, 0.1) is 6.20 Å². The Bertz CT molecular complexity index is 617. The first-order chi connectivity index (χ1) is 9.61. The van der Waals surface area contributed by atoms with Gasteiger partial charge >= 0.3 is 0 Å². The van der Waals surface area contributed by atoms with Crippen molar-refractivity contribution in [1.82, 2.24) is 9.88 Å². The zero-order chi connectivity index (χ0) is 14.2. The van der Waals surface area contributed by atoms with Crippen LogP contribution >= 0.6 is 47.5 Å². The summed E-state index contributed by atoms with van der Waals surface area (Å²) in [5.41, 5.74) is 6.95. The number of thiazole rings is 1. The molecular formula is C14H19Cl2N3OS2. The van der Waals surface area contributed by atoms with Crippen molar-refractivity contribution in [3.05, 3.63) is 27.9 Å². The first-order valence-corrected chi connectivity index (χ1v) is 8.35. The number of nitrogens with zero attached hydrogens (tertiary/aromatic N) is 2. The molecule has 0 spiro atoms. The standard InChI is InChI=1S/C14H17N3OS2.2ClH/c1-14(8-15)3-4-17(9-14)13(18)11-6-16-12(20-11)10-2-5-19-7-10;;/h2,5-7H,3-4,8-9,15H2,1H3;2*1H. The molecule has 8 heteroatoms. The second-order valence-corrected chi connectivity index (χ2v) is 7.34. The fourth-order valence-electron chi connectivity index (χ4n) is 2.41. The Hall–Kier alpha value is -0.660. The number of aromatic nitrogens is 1. The van der Waals surface area contributed by atoms with Crippen LogP contribution in [0.2, 0.25) is 0 Å². The average Bonchev–Trinajstić information content (AvgIpc) is 3.18. The molecule has 2 aromatic heterocycles. The van der Waals surface area contributed by atoms with Gasteiger partial charge in [-0.3, -0.25) is 4.79 Å². The second kappa shape index (κ2) is 7.75. The summed E-state index contributed by atoms with van der Waals surface area (Å²) in [5.74, 6) is 0.0844. The van der Waals surface area contributed by atoms with Gasteiger partial charge < -0.3 is 10.6 Å². The summed E-state index contributed by atoms with van der Waals surface area (Å²) >= 11 is 3.10. The van der Waals surface area contributed by atoms with Crippen LogP contribution in [0.1, 0.15) is 23.0 Å². The van der Waals surface area contributed by atoms with Gasteiger partial charge in [-0.25, -0.2) is 4.98 Å². The van der Waals surface area contributed by atoms with Crippen LogP contribution in [0.5, 0.6) is 0 Å². The van der Waals surface area contributed by atoms with Gasteiger partial charge in [-0.15, -0.1) is 36.2 Å². The van der Waals surface area contributed by atoms with E-state index in [0.717, 1.165) is 30.1 Å². The number of hydrogen-bond acceptors (Lipinski definition) is 5. The van der Waals surface area contributed by atoms with Crippen molar-refractivity contribution in [2.24, 2.45) is 11.1 Å². The Morgan fingerprint density at radius 2 is 2.27 bits per heavy atom. The minimum absolute atomic E-state index is 0. The van der Waals surface area contributed by atoms with Crippen molar-refractivity contribution >= 4 is 53.4 Å². The quantitative estimate of drug-likeness (QED) is 0.886. The summed E-state index contributed by atoms with van der Waals surface area (Å²) in [6.45, 7) is 4.30. The third kappa shape index (κ3) is 3.81. The molecule has 1 amide bonds. The van der Waals surface area contributed by atoms with Crippen LogP contribution in [0, 0.1) is 5.41 Å². The molecule has 3 heterocycles. The van der Waals surface area contributed by atoms with E-state index in [9.17, 15) is 4.79 Å². The zero-order valence-corrected chi connectivity index (χ0v) is 15.4. The minimum atomic E-state index is 0. The summed E-state index contributed by atoms with van der Waals surface area (Å²) < 4.78 is 0. The van der Waals surface area contributed by atoms with E-state index in [4.69, 9.17) is 5.73 Å². The molecule has 4 nitrogen and oxygen atoms in total. The Balaban J connectivity index is 0.00000121. The van der Waals surface area contributed by atoms with E-state index in [1.807, 2.05) is 16.3 Å². The number of nitrogens with two attached hydrogens (primary N) is 1. The van der Waals surface area contributed by atoms with Gasteiger partial charge in [0.25, 0.3) is 5.91 Å². The van der Waals surface area contributed by atoms with Crippen LogP contribution < -0.4 is 5.73 Å². The van der Waals surface area contributed by atoms with E-state index in [2.05, 4.69) is 17.3 Å². The monoisotopic (exact) mass is 379 g/mol. The Labute approximate surface area is 150 Å². The Morgan fingerprint density at radius 1 is 1.50 bits per heavy atom. The van der Waals surface area contributed by atoms with Gasteiger partial charge in [0.1, 0.15) is 9.88 Å². The third-order valence-corrected chi connectivity index (χ3v) is 5.54. The van der Waals surface area contributed by atoms with Crippen molar-refractivity contribution in [2.45, 2.75) is 13.3 Å². The molecule has 1 unspecified atom stereocenters. The molecule has 3 rings (SSSR count). The van der Waals surface area contributed by atoms with Gasteiger partial charge in [0.15, 0.2) is 0 Å². The largest absolute Gasteiger partial charge is 0.337 e. The van der Waals surface area contributed by atoms with E-state index in [1.54, 1.807) is 17.5 Å². The Morgan fingerprint density at radius 3 is 2.86 bits per heavy atom. The Kier molecular flexibility index (Phi) is 6.83. The summed E-state index contributed by atoms with van der Waals surface area (Å²) in [6.07, 6.45) is 2.67. The van der Waals surface area contributed by atoms with Crippen LogP contribution in [0.25, 0.3) is 10.6 Å². The van der Waals surface area contributed by atoms with Crippen LogP contribution in [-0.2, 0) is 0 Å². The SMILES string of the molecule is CC1(CN)CCN(C(=O)c2cnc(-c3ccsc3)s2)C1.Cl.Cl.